The van der Waals surface area contributed by atoms with Gasteiger partial charge in [-0.25, -0.2) is 4.79 Å². The summed E-state index contributed by atoms with van der Waals surface area (Å²) < 4.78 is 10.6. The Morgan fingerprint density at radius 1 is 1.07 bits per heavy atom. The van der Waals surface area contributed by atoms with Gasteiger partial charge in [0.05, 0.1) is 7.11 Å². The lowest BCUT2D eigenvalue weighted by Crippen LogP contribution is -2.49. The lowest BCUT2D eigenvalue weighted by molar-refractivity contribution is -0.135. The topological polar surface area (TPSA) is 79.3 Å². The molecule has 1 aliphatic heterocycles. The van der Waals surface area contributed by atoms with E-state index in [1.807, 2.05) is 24.3 Å². The molecule has 1 heterocycles. The molecule has 3 rings (SSSR count). The molecule has 1 fully saturated rings. The van der Waals surface area contributed by atoms with Crippen LogP contribution in [0, 0.1) is 0 Å². The van der Waals surface area contributed by atoms with Crippen molar-refractivity contribution in [1.82, 2.24) is 9.80 Å². The maximum atomic E-state index is 12.5. The van der Waals surface area contributed by atoms with E-state index in [0.717, 1.165) is 19.6 Å². The van der Waals surface area contributed by atoms with E-state index < -0.39 is 5.97 Å². The van der Waals surface area contributed by atoms with E-state index in [4.69, 9.17) is 21.1 Å². The fourth-order valence-electron chi connectivity index (χ4n) is 3.16. The Hall–Kier alpha value is -2.77. The number of carbonyl (C=O) groups is 2. The van der Waals surface area contributed by atoms with Crippen molar-refractivity contribution in [2.75, 3.05) is 39.9 Å². The van der Waals surface area contributed by atoms with E-state index in [9.17, 15) is 14.7 Å². The van der Waals surface area contributed by atoms with Gasteiger partial charge in [0.2, 0.25) is 0 Å². The van der Waals surface area contributed by atoms with Crippen molar-refractivity contribution in [2.45, 2.75) is 6.54 Å². The Labute approximate surface area is 174 Å². The number of amides is 1. The fourth-order valence-corrected chi connectivity index (χ4v) is 3.29. The van der Waals surface area contributed by atoms with E-state index in [0.29, 0.717) is 23.9 Å². The highest BCUT2D eigenvalue weighted by atomic mass is 35.5. The summed E-state index contributed by atoms with van der Waals surface area (Å²) in [6.07, 6.45) is 0. The van der Waals surface area contributed by atoms with Crippen molar-refractivity contribution in [3.05, 3.63) is 58.6 Å². The predicted molar refractivity (Wildman–Crippen MR) is 109 cm³/mol. The molecule has 1 N–H and O–H groups in total. The summed E-state index contributed by atoms with van der Waals surface area (Å²) in [7, 11) is 1.48. The van der Waals surface area contributed by atoms with Gasteiger partial charge in [-0.3, -0.25) is 9.69 Å². The van der Waals surface area contributed by atoms with Crippen LogP contribution >= 0.6 is 11.6 Å². The number of hydrogen-bond acceptors (Lipinski definition) is 5. The second-order valence-electron chi connectivity index (χ2n) is 6.74. The van der Waals surface area contributed by atoms with Gasteiger partial charge in [0.1, 0.15) is 17.1 Å². The standard InChI is InChI=1S/C21H23ClN2O5/c1-28-17-6-7-18(21(26)27)19(12-17)29-14-20(25)24-10-8-23(9-11-24)13-15-2-4-16(22)5-3-15/h2-7,12H,8-11,13-14H2,1H3,(H,26,27). The zero-order valence-electron chi connectivity index (χ0n) is 16.1. The average molecular weight is 419 g/mol. The lowest BCUT2D eigenvalue weighted by atomic mass is 10.2. The average Bonchev–Trinajstić information content (AvgIpc) is 2.73. The van der Waals surface area contributed by atoms with Crippen LogP contribution in [-0.4, -0.2) is 66.7 Å². The summed E-state index contributed by atoms with van der Waals surface area (Å²) in [5.74, 6) is -0.707. The van der Waals surface area contributed by atoms with Gasteiger partial charge in [-0.1, -0.05) is 23.7 Å². The number of halogens is 1. The van der Waals surface area contributed by atoms with Crippen molar-refractivity contribution >= 4 is 23.5 Å². The molecule has 7 nitrogen and oxygen atoms in total. The number of hydrogen-bond donors (Lipinski definition) is 1. The van der Waals surface area contributed by atoms with Gasteiger partial charge in [0, 0.05) is 43.8 Å². The molecule has 0 spiro atoms. The predicted octanol–water partition coefficient (Wildman–Crippen LogP) is 2.77. The van der Waals surface area contributed by atoms with Crippen LogP contribution in [0.3, 0.4) is 0 Å². The second kappa shape index (κ2) is 9.62. The van der Waals surface area contributed by atoms with Crippen molar-refractivity contribution in [3.8, 4) is 11.5 Å². The van der Waals surface area contributed by atoms with Crippen LogP contribution in [0.4, 0.5) is 0 Å². The number of aromatic carboxylic acids is 1. The van der Waals surface area contributed by atoms with E-state index >= 15 is 0 Å². The van der Waals surface area contributed by atoms with Crippen LogP contribution in [0.15, 0.2) is 42.5 Å². The molecule has 0 aromatic heterocycles. The minimum atomic E-state index is -1.12. The number of benzene rings is 2. The first-order valence-electron chi connectivity index (χ1n) is 9.25. The van der Waals surface area contributed by atoms with E-state index in [2.05, 4.69) is 4.90 Å². The highest BCUT2D eigenvalue weighted by Crippen LogP contribution is 2.25. The molecule has 1 aliphatic rings. The molecule has 29 heavy (non-hydrogen) atoms. The first-order chi connectivity index (χ1) is 14.0. The summed E-state index contributed by atoms with van der Waals surface area (Å²) in [6.45, 7) is 3.30. The van der Waals surface area contributed by atoms with Gasteiger partial charge < -0.3 is 19.5 Å². The van der Waals surface area contributed by atoms with Gasteiger partial charge in [-0.05, 0) is 29.8 Å². The van der Waals surface area contributed by atoms with Crippen molar-refractivity contribution < 1.29 is 24.2 Å². The molecule has 1 amide bonds. The first kappa shape index (κ1) is 21.0. The van der Waals surface area contributed by atoms with E-state index in [1.54, 1.807) is 4.90 Å². The minimum Gasteiger partial charge on any atom is -0.497 e. The number of rotatable bonds is 7. The summed E-state index contributed by atoms with van der Waals surface area (Å²) in [5, 5.41) is 9.99. The Bertz CT molecular complexity index is 864. The quantitative estimate of drug-likeness (QED) is 0.744. The third kappa shape index (κ3) is 5.62. The number of ether oxygens (including phenoxy) is 2. The fraction of sp³-hybridized carbons (Fsp3) is 0.333. The molecule has 1 saturated heterocycles. The number of carbonyl (C=O) groups excluding carboxylic acids is 1. The molecule has 0 unspecified atom stereocenters. The maximum absolute atomic E-state index is 12.5. The molecular weight excluding hydrogens is 396 g/mol. The van der Waals surface area contributed by atoms with Crippen LogP contribution < -0.4 is 9.47 Å². The van der Waals surface area contributed by atoms with E-state index in [1.165, 1.54) is 30.9 Å². The number of methoxy groups -OCH3 is 1. The number of carboxylic acid groups (broad SMARTS) is 1. The molecule has 0 aliphatic carbocycles. The Balaban J connectivity index is 1.51. The van der Waals surface area contributed by atoms with Crippen LogP contribution in [-0.2, 0) is 11.3 Å². The van der Waals surface area contributed by atoms with Gasteiger partial charge in [0.15, 0.2) is 6.61 Å². The Morgan fingerprint density at radius 2 is 1.76 bits per heavy atom. The second-order valence-corrected chi connectivity index (χ2v) is 7.18. The summed E-state index contributed by atoms with van der Waals surface area (Å²) in [5.41, 5.74) is 1.17. The summed E-state index contributed by atoms with van der Waals surface area (Å²) in [6, 6.07) is 12.2. The highest BCUT2D eigenvalue weighted by molar-refractivity contribution is 6.30. The summed E-state index contributed by atoms with van der Waals surface area (Å²) in [4.78, 5) is 27.9. The Morgan fingerprint density at radius 3 is 2.38 bits per heavy atom. The smallest absolute Gasteiger partial charge is 0.339 e. The molecule has 8 heteroatoms. The number of nitrogens with zero attached hydrogens (tertiary/aromatic N) is 2. The number of piperazine rings is 1. The molecule has 2 aromatic rings. The third-order valence-electron chi connectivity index (χ3n) is 4.81. The zero-order chi connectivity index (χ0) is 20.8. The van der Waals surface area contributed by atoms with Gasteiger partial charge in [-0.15, -0.1) is 0 Å². The maximum Gasteiger partial charge on any atom is 0.339 e. The first-order valence-corrected chi connectivity index (χ1v) is 9.63. The number of carboxylic acids is 1. The van der Waals surface area contributed by atoms with Crippen molar-refractivity contribution in [3.63, 3.8) is 0 Å². The minimum absolute atomic E-state index is 0.00798. The highest BCUT2D eigenvalue weighted by Gasteiger charge is 2.22. The van der Waals surface area contributed by atoms with Gasteiger partial charge in [0.25, 0.3) is 5.91 Å². The molecule has 0 saturated carbocycles. The van der Waals surface area contributed by atoms with Crippen LogP contribution in [0.2, 0.25) is 5.02 Å². The van der Waals surface area contributed by atoms with Gasteiger partial charge >= 0.3 is 5.97 Å². The normalized spacial score (nSPS) is 14.5. The van der Waals surface area contributed by atoms with Crippen LogP contribution in [0.5, 0.6) is 11.5 Å². The molecule has 0 bridgehead atoms. The molecular formula is C21H23ClN2O5. The van der Waals surface area contributed by atoms with Crippen molar-refractivity contribution in [1.29, 1.82) is 0 Å². The van der Waals surface area contributed by atoms with E-state index in [-0.39, 0.29) is 23.8 Å². The van der Waals surface area contributed by atoms with Gasteiger partial charge in [-0.2, -0.15) is 0 Å². The molecule has 0 radical (unpaired) electrons. The largest absolute Gasteiger partial charge is 0.497 e. The lowest BCUT2D eigenvalue weighted by Gasteiger charge is -2.34. The molecule has 154 valence electrons. The zero-order valence-corrected chi connectivity index (χ0v) is 16.9. The van der Waals surface area contributed by atoms with Crippen LogP contribution in [0.25, 0.3) is 0 Å². The third-order valence-corrected chi connectivity index (χ3v) is 5.07. The Kier molecular flexibility index (Phi) is 6.95. The summed E-state index contributed by atoms with van der Waals surface area (Å²) >= 11 is 5.92. The monoisotopic (exact) mass is 418 g/mol. The van der Waals surface area contributed by atoms with Crippen LogP contribution in [0.1, 0.15) is 15.9 Å². The molecule has 2 aromatic carbocycles. The van der Waals surface area contributed by atoms with Crippen molar-refractivity contribution in [2.24, 2.45) is 0 Å². The molecule has 0 atom stereocenters. The SMILES string of the molecule is COc1ccc(C(=O)O)c(OCC(=O)N2CCN(Cc3ccc(Cl)cc3)CC2)c1.